The Morgan fingerprint density at radius 2 is 2.12 bits per heavy atom. The van der Waals surface area contributed by atoms with E-state index in [0.717, 1.165) is 12.5 Å². The quantitative estimate of drug-likeness (QED) is 0.890. The monoisotopic (exact) mass is 354 g/mol. The number of carbonyl (C=O) groups excluding carboxylic acids is 1. The van der Waals surface area contributed by atoms with E-state index in [0.29, 0.717) is 31.2 Å². The number of nitrogens with zero attached hydrogens (tertiary/aromatic N) is 3. The minimum absolute atomic E-state index is 0.112. The van der Waals surface area contributed by atoms with Crippen LogP contribution in [0.5, 0.6) is 0 Å². The molecule has 1 aromatic heterocycles. The molecule has 1 saturated heterocycles. The first kappa shape index (κ1) is 17.2. The average molecular weight is 354 g/mol. The van der Waals surface area contributed by atoms with Gasteiger partial charge in [0.25, 0.3) is 0 Å². The van der Waals surface area contributed by atoms with E-state index >= 15 is 0 Å². The summed E-state index contributed by atoms with van der Waals surface area (Å²) in [5.74, 6) is 0.847. The Balaban J connectivity index is 1.71. The highest BCUT2D eigenvalue weighted by Gasteiger charge is 2.34. The zero-order valence-corrected chi connectivity index (χ0v) is 13.5. The van der Waals surface area contributed by atoms with Gasteiger partial charge in [-0.15, -0.1) is 0 Å². The molecule has 0 aliphatic carbocycles. The number of benzene rings is 1. The maximum absolute atomic E-state index is 13.0. The van der Waals surface area contributed by atoms with Gasteiger partial charge < -0.3 is 14.7 Å². The molecule has 0 unspecified atom stereocenters. The molecule has 2 aromatic rings. The lowest BCUT2D eigenvalue weighted by atomic mass is 9.98. The van der Waals surface area contributed by atoms with E-state index in [1.807, 2.05) is 0 Å². The lowest BCUT2D eigenvalue weighted by Crippen LogP contribution is -2.42. The summed E-state index contributed by atoms with van der Waals surface area (Å²) >= 11 is 0. The number of anilines is 1. The number of nitrogens with one attached hydrogen (secondary N) is 1. The van der Waals surface area contributed by atoms with Gasteiger partial charge in [-0.05, 0) is 31.9 Å². The van der Waals surface area contributed by atoms with Crippen LogP contribution in [0.4, 0.5) is 23.7 Å². The summed E-state index contributed by atoms with van der Waals surface area (Å²) in [6, 6.07) is 4.34. The van der Waals surface area contributed by atoms with E-state index in [4.69, 9.17) is 4.52 Å². The molecular weight excluding hydrogens is 337 g/mol. The summed E-state index contributed by atoms with van der Waals surface area (Å²) in [4.78, 5) is 18.1. The van der Waals surface area contributed by atoms with Crippen LogP contribution in [-0.2, 0) is 6.18 Å². The normalized spacial score (nSPS) is 18.2. The zero-order chi connectivity index (χ0) is 18.0. The van der Waals surface area contributed by atoms with Crippen molar-refractivity contribution in [3.8, 4) is 0 Å². The second kappa shape index (κ2) is 6.73. The van der Waals surface area contributed by atoms with Gasteiger partial charge in [-0.25, -0.2) is 4.79 Å². The average Bonchev–Trinajstić information content (AvgIpc) is 3.01. The van der Waals surface area contributed by atoms with Crippen LogP contribution in [0.25, 0.3) is 0 Å². The maximum atomic E-state index is 13.0. The fourth-order valence-electron chi connectivity index (χ4n) is 2.88. The topological polar surface area (TPSA) is 71.3 Å². The first-order chi connectivity index (χ1) is 11.8. The first-order valence-corrected chi connectivity index (χ1v) is 7.87. The molecule has 2 heterocycles. The van der Waals surface area contributed by atoms with Crippen LogP contribution in [0.1, 0.15) is 36.0 Å². The third-order valence-corrected chi connectivity index (χ3v) is 4.08. The van der Waals surface area contributed by atoms with Gasteiger partial charge in [0.2, 0.25) is 5.89 Å². The van der Waals surface area contributed by atoms with Crippen LogP contribution >= 0.6 is 0 Å². The van der Waals surface area contributed by atoms with Crippen LogP contribution < -0.4 is 5.32 Å². The number of piperidine rings is 1. The van der Waals surface area contributed by atoms with E-state index in [1.54, 1.807) is 6.92 Å². The Kier molecular flexibility index (Phi) is 4.65. The maximum Gasteiger partial charge on any atom is 0.418 e. The molecule has 25 heavy (non-hydrogen) atoms. The molecule has 134 valence electrons. The molecule has 1 aliphatic rings. The second-order valence-electron chi connectivity index (χ2n) is 5.94. The van der Waals surface area contributed by atoms with Gasteiger partial charge in [0.15, 0.2) is 5.82 Å². The van der Waals surface area contributed by atoms with Gasteiger partial charge in [0, 0.05) is 13.1 Å². The molecule has 0 bridgehead atoms. The fraction of sp³-hybridized carbons (Fsp3) is 0.438. The minimum atomic E-state index is -4.53. The Morgan fingerprint density at radius 1 is 1.36 bits per heavy atom. The summed E-state index contributed by atoms with van der Waals surface area (Å²) in [5.41, 5.74) is -1.12. The number of rotatable bonds is 2. The van der Waals surface area contributed by atoms with Crippen LogP contribution in [0, 0.1) is 6.92 Å². The van der Waals surface area contributed by atoms with Crippen LogP contribution in [-0.4, -0.2) is 34.2 Å². The van der Waals surface area contributed by atoms with Gasteiger partial charge in [0.05, 0.1) is 17.2 Å². The highest BCUT2D eigenvalue weighted by Crippen LogP contribution is 2.35. The van der Waals surface area contributed by atoms with Gasteiger partial charge in [-0.2, -0.15) is 18.2 Å². The number of halogens is 3. The number of likely N-dealkylation sites (tertiary alicyclic amines) is 1. The highest BCUT2D eigenvalue weighted by atomic mass is 19.4. The smallest absolute Gasteiger partial charge is 0.339 e. The molecule has 9 heteroatoms. The molecule has 6 nitrogen and oxygen atoms in total. The molecule has 0 radical (unpaired) electrons. The van der Waals surface area contributed by atoms with Crippen molar-refractivity contribution in [1.82, 2.24) is 15.0 Å². The van der Waals surface area contributed by atoms with Gasteiger partial charge in [0.1, 0.15) is 0 Å². The number of urea groups is 1. The Morgan fingerprint density at radius 3 is 2.80 bits per heavy atom. The van der Waals surface area contributed by atoms with Crippen LogP contribution in [0.3, 0.4) is 0 Å². The van der Waals surface area contributed by atoms with E-state index in [1.165, 1.54) is 23.1 Å². The lowest BCUT2D eigenvalue weighted by Gasteiger charge is -2.31. The summed E-state index contributed by atoms with van der Waals surface area (Å²) in [6.07, 6.45) is -3.04. The summed E-state index contributed by atoms with van der Waals surface area (Å²) in [5, 5.41) is 6.10. The number of hydrogen-bond acceptors (Lipinski definition) is 4. The Bertz CT molecular complexity index is 760. The van der Waals surface area contributed by atoms with E-state index in [2.05, 4.69) is 15.5 Å². The predicted molar refractivity (Wildman–Crippen MR) is 83.0 cm³/mol. The first-order valence-electron chi connectivity index (χ1n) is 7.87. The fourth-order valence-corrected chi connectivity index (χ4v) is 2.88. The van der Waals surface area contributed by atoms with Crippen molar-refractivity contribution in [2.45, 2.75) is 31.9 Å². The SMILES string of the molecule is Cc1noc([C@H]2CCCN(C(=O)Nc3ccccc3C(F)(F)F)C2)n1. The molecule has 2 amide bonds. The summed E-state index contributed by atoms with van der Waals surface area (Å²) in [7, 11) is 0. The number of alkyl halides is 3. The summed E-state index contributed by atoms with van der Waals surface area (Å²) in [6.45, 7) is 2.49. The van der Waals surface area contributed by atoms with Gasteiger partial charge >= 0.3 is 12.2 Å². The molecule has 1 aliphatic heterocycles. The number of carbonyl (C=O) groups is 1. The molecular formula is C16H17F3N4O2. The number of aryl methyl sites for hydroxylation is 1. The second-order valence-corrected chi connectivity index (χ2v) is 5.94. The molecule has 1 atom stereocenters. The van der Waals surface area contributed by atoms with Crippen molar-refractivity contribution in [3.63, 3.8) is 0 Å². The molecule has 0 spiro atoms. The number of aromatic nitrogens is 2. The van der Waals surface area contributed by atoms with E-state index < -0.39 is 17.8 Å². The predicted octanol–water partition coefficient (Wildman–Crippen LogP) is 3.81. The van der Waals surface area contributed by atoms with Crippen molar-refractivity contribution >= 4 is 11.7 Å². The molecule has 1 fully saturated rings. The molecule has 3 rings (SSSR count). The van der Waals surface area contributed by atoms with Crippen molar-refractivity contribution in [2.75, 3.05) is 18.4 Å². The van der Waals surface area contributed by atoms with E-state index in [9.17, 15) is 18.0 Å². The third-order valence-electron chi connectivity index (χ3n) is 4.08. The highest BCUT2D eigenvalue weighted by molar-refractivity contribution is 5.90. The number of amides is 2. The molecule has 0 saturated carbocycles. The zero-order valence-electron chi connectivity index (χ0n) is 13.5. The standard InChI is InChI=1S/C16H17F3N4O2/c1-10-20-14(25-22-10)11-5-4-8-23(9-11)15(24)21-13-7-3-2-6-12(13)16(17,18)19/h2-3,6-7,11H,4-5,8-9H2,1H3,(H,21,24)/t11-/m0/s1. The van der Waals surface area contributed by atoms with Crippen molar-refractivity contribution in [1.29, 1.82) is 0 Å². The van der Waals surface area contributed by atoms with Crippen LogP contribution in [0.15, 0.2) is 28.8 Å². The van der Waals surface area contributed by atoms with Crippen molar-refractivity contribution in [2.24, 2.45) is 0 Å². The minimum Gasteiger partial charge on any atom is -0.339 e. The van der Waals surface area contributed by atoms with Crippen molar-refractivity contribution in [3.05, 3.63) is 41.5 Å². The Hall–Kier alpha value is -2.58. The lowest BCUT2D eigenvalue weighted by molar-refractivity contribution is -0.136. The number of hydrogen-bond donors (Lipinski definition) is 1. The van der Waals surface area contributed by atoms with Crippen molar-refractivity contribution < 1.29 is 22.5 Å². The van der Waals surface area contributed by atoms with Crippen LogP contribution in [0.2, 0.25) is 0 Å². The summed E-state index contributed by atoms with van der Waals surface area (Å²) < 4.78 is 44.2. The van der Waals surface area contributed by atoms with E-state index in [-0.39, 0.29) is 11.6 Å². The Labute approximate surface area is 142 Å². The van der Waals surface area contributed by atoms with Gasteiger partial charge in [-0.3, -0.25) is 0 Å². The number of para-hydroxylation sites is 1. The third kappa shape index (κ3) is 3.92. The largest absolute Gasteiger partial charge is 0.418 e. The van der Waals surface area contributed by atoms with Gasteiger partial charge in [-0.1, -0.05) is 17.3 Å². The molecule has 1 aromatic carbocycles. The molecule has 1 N–H and O–H groups in total.